The minimum atomic E-state index is -0.228. The fourth-order valence-corrected chi connectivity index (χ4v) is 3.24. The molecule has 1 aliphatic heterocycles. The predicted molar refractivity (Wildman–Crippen MR) is 103 cm³/mol. The summed E-state index contributed by atoms with van der Waals surface area (Å²) >= 11 is 0. The van der Waals surface area contributed by atoms with Crippen molar-refractivity contribution in [3.63, 3.8) is 0 Å². The number of anilines is 1. The van der Waals surface area contributed by atoms with E-state index in [0.717, 1.165) is 29.7 Å². The Bertz CT molecular complexity index is 776. The molecule has 1 amide bonds. The van der Waals surface area contributed by atoms with Gasteiger partial charge >= 0.3 is 0 Å². The van der Waals surface area contributed by atoms with Crippen LogP contribution in [0.5, 0.6) is 11.5 Å². The highest BCUT2D eigenvalue weighted by molar-refractivity contribution is 6.01. The van der Waals surface area contributed by atoms with Crippen molar-refractivity contribution in [3.8, 4) is 11.5 Å². The molecule has 0 saturated carbocycles. The minimum Gasteiger partial charge on any atom is -0.493 e. The van der Waals surface area contributed by atoms with Crippen LogP contribution in [0.25, 0.3) is 0 Å². The Balaban J connectivity index is 1.99. The molecule has 0 fully saturated rings. The molecule has 2 aromatic rings. The van der Waals surface area contributed by atoms with Crippen LogP contribution >= 0.6 is 0 Å². The van der Waals surface area contributed by atoms with E-state index >= 15 is 0 Å². The number of methoxy groups -OCH3 is 1. The maximum atomic E-state index is 13.1. The van der Waals surface area contributed by atoms with Crippen LogP contribution in [-0.2, 0) is 0 Å². The number of hydrogen-bond acceptors (Lipinski definition) is 4. The summed E-state index contributed by atoms with van der Waals surface area (Å²) in [4.78, 5) is 15.0. The average molecular weight is 354 g/mol. The molecule has 3 rings (SSSR count). The molecule has 0 radical (unpaired) electrons. The second-order valence-electron chi connectivity index (χ2n) is 6.29. The van der Waals surface area contributed by atoms with Crippen LogP contribution in [0.3, 0.4) is 0 Å². The number of para-hydroxylation sites is 1. The van der Waals surface area contributed by atoms with E-state index in [9.17, 15) is 4.79 Å². The molecule has 1 N–H and O–H groups in total. The Kier molecular flexibility index (Phi) is 5.66. The first kappa shape index (κ1) is 18.1. The zero-order valence-electron chi connectivity index (χ0n) is 15.6. The highest BCUT2D eigenvalue weighted by Gasteiger charge is 2.32. The van der Waals surface area contributed by atoms with E-state index in [-0.39, 0.29) is 12.1 Å². The van der Waals surface area contributed by atoms with Crippen molar-refractivity contribution in [2.45, 2.75) is 32.9 Å². The maximum absolute atomic E-state index is 13.1. The monoisotopic (exact) mass is 354 g/mol. The van der Waals surface area contributed by atoms with Crippen LogP contribution in [0.1, 0.15) is 48.8 Å². The van der Waals surface area contributed by atoms with Gasteiger partial charge in [-0.2, -0.15) is 0 Å². The highest BCUT2D eigenvalue weighted by Crippen LogP contribution is 2.37. The second kappa shape index (κ2) is 8.13. The fourth-order valence-electron chi connectivity index (χ4n) is 3.24. The number of carbonyl (C=O) groups excluding carboxylic acids is 1. The van der Waals surface area contributed by atoms with Crippen LogP contribution < -0.4 is 14.8 Å². The van der Waals surface area contributed by atoms with E-state index in [1.54, 1.807) is 7.11 Å². The Morgan fingerprint density at radius 1 is 1.12 bits per heavy atom. The molecule has 5 heteroatoms. The standard InChI is InChI=1S/C21H26N2O3/c1-4-6-13-23-20(22-17-10-8-7-9-16(17)21(23)24)15-11-12-18(26-5-2)19(14-15)25-3/h7-12,14,20,22H,4-6,13H2,1-3H3. The Labute approximate surface area is 154 Å². The molecule has 2 aromatic carbocycles. The van der Waals surface area contributed by atoms with Crippen molar-refractivity contribution in [3.05, 3.63) is 53.6 Å². The van der Waals surface area contributed by atoms with Crippen molar-refractivity contribution >= 4 is 11.6 Å². The first-order valence-electron chi connectivity index (χ1n) is 9.16. The van der Waals surface area contributed by atoms with E-state index in [1.807, 2.05) is 54.3 Å². The van der Waals surface area contributed by atoms with Gasteiger partial charge in [-0.25, -0.2) is 0 Å². The largest absolute Gasteiger partial charge is 0.493 e. The number of nitrogens with zero attached hydrogens (tertiary/aromatic N) is 1. The van der Waals surface area contributed by atoms with Gasteiger partial charge in [0.05, 0.1) is 19.3 Å². The number of rotatable bonds is 7. The third-order valence-corrected chi connectivity index (χ3v) is 4.58. The van der Waals surface area contributed by atoms with Gasteiger partial charge in [-0.1, -0.05) is 31.5 Å². The first-order chi connectivity index (χ1) is 12.7. The van der Waals surface area contributed by atoms with Gasteiger partial charge in [0.2, 0.25) is 0 Å². The van der Waals surface area contributed by atoms with Crippen LogP contribution in [-0.4, -0.2) is 31.1 Å². The van der Waals surface area contributed by atoms with E-state index in [1.165, 1.54) is 0 Å². The van der Waals surface area contributed by atoms with E-state index in [2.05, 4.69) is 12.2 Å². The molecular formula is C21H26N2O3. The van der Waals surface area contributed by atoms with Gasteiger partial charge in [0.1, 0.15) is 6.17 Å². The SMILES string of the molecule is CCCCN1C(=O)c2ccccc2NC1c1ccc(OCC)c(OC)c1. The van der Waals surface area contributed by atoms with E-state index in [4.69, 9.17) is 9.47 Å². The molecule has 0 saturated heterocycles. The second-order valence-corrected chi connectivity index (χ2v) is 6.29. The molecule has 0 bridgehead atoms. The topological polar surface area (TPSA) is 50.8 Å². The number of unbranched alkanes of at least 4 members (excludes halogenated alkanes) is 1. The number of nitrogens with one attached hydrogen (secondary N) is 1. The Hall–Kier alpha value is -2.69. The van der Waals surface area contributed by atoms with Gasteiger partial charge in [0.15, 0.2) is 11.5 Å². The zero-order chi connectivity index (χ0) is 18.5. The van der Waals surface area contributed by atoms with Crippen molar-refractivity contribution in [2.24, 2.45) is 0 Å². The smallest absolute Gasteiger partial charge is 0.257 e. The summed E-state index contributed by atoms with van der Waals surface area (Å²) in [7, 11) is 1.63. The van der Waals surface area contributed by atoms with E-state index in [0.29, 0.717) is 24.7 Å². The third kappa shape index (κ3) is 3.47. The lowest BCUT2D eigenvalue weighted by Gasteiger charge is -2.38. The van der Waals surface area contributed by atoms with Gasteiger partial charge in [-0.3, -0.25) is 4.79 Å². The zero-order valence-corrected chi connectivity index (χ0v) is 15.6. The predicted octanol–water partition coefficient (Wildman–Crippen LogP) is 4.46. The molecule has 138 valence electrons. The summed E-state index contributed by atoms with van der Waals surface area (Å²) in [6.45, 7) is 5.35. The Morgan fingerprint density at radius 3 is 2.65 bits per heavy atom. The molecule has 5 nitrogen and oxygen atoms in total. The molecule has 0 aliphatic carbocycles. The molecule has 1 atom stereocenters. The first-order valence-corrected chi connectivity index (χ1v) is 9.16. The average Bonchev–Trinajstić information content (AvgIpc) is 2.68. The van der Waals surface area contributed by atoms with Crippen molar-refractivity contribution in [1.82, 2.24) is 4.90 Å². The van der Waals surface area contributed by atoms with Gasteiger partial charge in [-0.05, 0) is 43.2 Å². The summed E-state index contributed by atoms with van der Waals surface area (Å²) in [5, 5.41) is 3.51. The van der Waals surface area contributed by atoms with Crippen molar-refractivity contribution in [1.29, 1.82) is 0 Å². The quantitative estimate of drug-likeness (QED) is 0.797. The molecule has 1 aliphatic rings. The molecule has 0 spiro atoms. The van der Waals surface area contributed by atoms with Gasteiger partial charge in [0, 0.05) is 12.2 Å². The maximum Gasteiger partial charge on any atom is 0.257 e. The number of hydrogen-bond donors (Lipinski definition) is 1. The Morgan fingerprint density at radius 2 is 1.92 bits per heavy atom. The molecule has 26 heavy (non-hydrogen) atoms. The summed E-state index contributed by atoms with van der Waals surface area (Å²) in [5.41, 5.74) is 2.56. The lowest BCUT2D eigenvalue weighted by Crippen LogP contribution is -2.43. The third-order valence-electron chi connectivity index (χ3n) is 4.58. The number of carbonyl (C=O) groups is 1. The van der Waals surface area contributed by atoms with Gasteiger partial charge < -0.3 is 19.7 Å². The van der Waals surface area contributed by atoms with E-state index < -0.39 is 0 Å². The fraction of sp³-hybridized carbons (Fsp3) is 0.381. The summed E-state index contributed by atoms with van der Waals surface area (Å²) in [6, 6.07) is 13.5. The summed E-state index contributed by atoms with van der Waals surface area (Å²) in [6.07, 6.45) is 1.76. The summed E-state index contributed by atoms with van der Waals surface area (Å²) < 4.78 is 11.1. The van der Waals surface area contributed by atoms with Gasteiger partial charge in [-0.15, -0.1) is 0 Å². The van der Waals surface area contributed by atoms with Gasteiger partial charge in [0.25, 0.3) is 5.91 Å². The van der Waals surface area contributed by atoms with Crippen LogP contribution in [0.4, 0.5) is 5.69 Å². The minimum absolute atomic E-state index is 0.0608. The number of benzene rings is 2. The molecular weight excluding hydrogens is 328 g/mol. The molecule has 0 aromatic heterocycles. The summed E-state index contributed by atoms with van der Waals surface area (Å²) in [5.74, 6) is 1.44. The van der Waals surface area contributed by atoms with Crippen LogP contribution in [0.2, 0.25) is 0 Å². The van der Waals surface area contributed by atoms with Crippen molar-refractivity contribution in [2.75, 3.05) is 25.6 Å². The number of fused-ring (bicyclic) bond motifs is 1. The highest BCUT2D eigenvalue weighted by atomic mass is 16.5. The lowest BCUT2D eigenvalue weighted by molar-refractivity contribution is 0.0680. The van der Waals surface area contributed by atoms with Crippen LogP contribution in [0.15, 0.2) is 42.5 Å². The molecule has 1 heterocycles. The lowest BCUT2D eigenvalue weighted by atomic mass is 10.0. The van der Waals surface area contributed by atoms with Crippen molar-refractivity contribution < 1.29 is 14.3 Å². The normalized spacial score (nSPS) is 16.0. The molecule has 1 unspecified atom stereocenters. The number of ether oxygens (including phenoxy) is 2. The van der Waals surface area contributed by atoms with Crippen LogP contribution in [0, 0.1) is 0 Å². The number of amides is 1.